The summed E-state index contributed by atoms with van der Waals surface area (Å²) >= 11 is 5.43. The van der Waals surface area contributed by atoms with Gasteiger partial charge < -0.3 is 10.5 Å². The Hall–Kier alpha value is -0.670. The Morgan fingerprint density at radius 1 is 1.50 bits per heavy atom. The van der Waals surface area contributed by atoms with E-state index < -0.39 is 5.82 Å². The van der Waals surface area contributed by atoms with Crippen LogP contribution in [0.25, 0.3) is 0 Å². The highest BCUT2D eigenvalue weighted by Crippen LogP contribution is 2.28. The van der Waals surface area contributed by atoms with Gasteiger partial charge in [-0.3, -0.25) is 0 Å². The molecule has 0 amide bonds. The molecule has 0 aliphatic carbocycles. The number of rotatable bonds is 1. The number of benzene rings is 1. The topological polar surface area (TPSA) is 35.2 Å². The van der Waals surface area contributed by atoms with Crippen molar-refractivity contribution in [1.29, 1.82) is 0 Å². The lowest BCUT2D eigenvalue weighted by Crippen LogP contribution is -1.95. The van der Waals surface area contributed by atoms with Gasteiger partial charge in [-0.2, -0.15) is 0 Å². The molecule has 0 heterocycles. The molecule has 0 bridgehead atoms. The number of halogens is 3. The number of nitrogen functional groups attached to an aromatic ring is 1. The molecule has 0 aliphatic rings. The minimum absolute atomic E-state index is 0. The van der Waals surface area contributed by atoms with Crippen LogP contribution in [-0.2, 0) is 0 Å². The predicted molar refractivity (Wildman–Crippen MR) is 49.6 cm³/mol. The molecule has 0 aliphatic heterocycles. The summed E-state index contributed by atoms with van der Waals surface area (Å²) in [5.41, 5.74) is 5.25. The second-order valence-electron chi connectivity index (χ2n) is 1.98. The molecule has 2 N–H and O–H groups in total. The monoisotopic (exact) mass is 211 g/mol. The van der Waals surface area contributed by atoms with Gasteiger partial charge in [-0.15, -0.1) is 12.4 Å². The molecule has 0 aromatic heterocycles. The fourth-order valence-electron chi connectivity index (χ4n) is 0.727. The van der Waals surface area contributed by atoms with Crippen LogP contribution in [0.5, 0.6) is 5.75 Å². The summed E-state index contributed by atoms with van der Waals surface area (Å²) < 4.78 is 17.6. The minimum atomic E-state index is -0.633. The highest BCUT2D eigenvalue weighted by Gasteiger charge is 2.08. The highest BCUT2D eigenvalue weighted by atomic mass is 35.5. The Kier molecular flexibility index (Phi) is 4.13. The normalized spacial score (nSPS) is 8.92. The number of hydrogen-bond donors (Lipinski definition) is 1. The molecule has 5 heteroatoms. The van der Waals surface area contributed by atoms with E-state index in [1.807, 2.05) is 0 Å². The van der Waals surface area contributed by atoms with E-state index in [0.29, 0.717) is 5.75 Å². The Labute approximate surface area is 80.9 Å². The zero-order chi connectivity index (χ0) is 8.43. The number of nitrogens with two attached hydrogens (primary N) is 1. The van der Waals surface area contributed by atoms with Crippen LogP contribution in [0.2, 0.25) is 5.02 Å². The maximum atomic E-state index is 12.8. The lowest BCUT2D eigenvalue weighted by atomic mass is 10.3. The molecule has 68 valence electrons. The second kappa shape index (κ2) is 4.38. The van der Waals surface area contributed by atoms with Crippen molar-refractivity contribution in [2.45, 2.75) is 0 Å². The first-order valence-electron chi connectivity index (χ1n) is 2.94. The van der Waals surface area contributed by atoms with Gasteiger partial charge in [-0.1, -0.05) is 11.6 Å². The molecule has 0 unspecified atom stereocenters. The summed E-state index contributed by atoms with van der Waals surface area (Å²) in [4.78, 5) is 0. The Bertz CT molecular complexity index is 280. The van der Waals surface area contributed by atoms with Crippen molar-refractivity contribution < 1.29 is 9.13 Å². The summed E-state index contributed by atoms with van der Waals surface area (Å²) in [6.07, 6.45) is 0. The van der Waals surface area contributed by atoms with Crippen LogP contribution in [0, 0.1) is 5.82 Å². The Morgan fingerprint density at radius 2 is 2.08 bits per heavy atom. The summed E-state index contributed by atoms with van der Waals surface area (Å²) in [6.45, 7) is 0. The molecule has 2 nitrogen and oxygen atoms in total. The fraction of sp³-hybridized carbons (Fsp3) is 0.143. The lowest BCUT2D eigenvalue weighted by molar-refractivity contribution is 0.414. The van der Waals surface area contributed by atoms with Gasteiger partial charge >= 0.3 is 0 Å². The number of anilines is 1. The van der Waals surface area contributed by atoms with Crippen LogP contribution in [0.4, 0.5) is 10.1 Å². The Balaban J connectivity index is 0.00000121. The van der Waals surface area contributed by atoms with Gasteiger partial charge in [0.1, 0.15) is 11.4 Å². The van der Waals surface area contributed by atoms with Crippen LogP contribution < -0.4 is 10.5 Å². The molecular weight excluding hydrogens is 204 g/mol. The van der Waals surface area contributed by atoms with Gasteiger partial charge in [-0.05, 0) is 12.1 Å². The third kappa shape index (κ3) is 1.93. The summed E-state index contributed by atoms with van der Waals surface area (Å²) in [5, 5.41) is 0.00306. The number of ether oxygens (including phenoxy) is 1. The van der Waals surface area contributed by atoms with E-state index in [4.69, 9.17) is 22.1 Å². The van der Waals surface area contributed by atoms with Crippen LogP contribution in [0.1, 0.15) is 0 Å². The first-order chi connectivity index (χ1) is 5.16. The van der Waals surface area contributed by atoms with E-state index >= 15 is 0 Å². The fourth-order valence-corrected chi connectivity index (χ4v) is 0.891. The van der Waals surface area contributed by atoms with Gasteiger partial charge in [0.15, 0.2) is 5.82 Å². The van der Waals surface area contributed by atoms with Crippen LogP contribution in [0.15, 0.2) is 12.1 Å². The minimum Gasteiger partial charge on any atom is -0.494 e. The zero-order valence-electron chi connectivity index (χ0n) is 6.30. The lowest BCUT2D eigenvalue weighted by Gasteiger charge is -2.04. The van der Waals surface area contributed by atoms with Gasteiger partial charge in [0.05, 0.1) is 12.1 Å². The molecule has 0 saturated heterocycles. The summed E-state index contributed by atoms with van der Waals surface area (Å²) in [7, 11) is 1.42. The van der Waals surface area contributed by atoms with Gasteiger partial charge in [0.25, 0.3) is 0 Å². The summed E-state index contributed by atoms with van der Waals surface area (Å²) in [5.74, 6) is -0.335. The van der Waals surface area contributed by atoms with Crippen molar-refractivity contribution in [3.63, 3.8) is 0 Å². The van der Waals surface area contributed by atoms with Crippen LogP contribution in [-0.4, -0.2) is 7.11 Å². The largest absolute Gasteiger partial charge is 0.494 e. The average molecular weight is 212 g/mol. The molecule has 0 spiro atoms. The van der Waals surface area contributed by atoms with Crippen LogP contribution in [0.3, 0.4) is 0 Å². The van der Waals surface area contributed by atoms with E-state index in [2.05, 4.69) is 0 Å². The molecule has 12 heavy (non-hydrogen) atoms. The SMILES string of the molecule is COc1ccc(Cl)c(F)c1N.Cl. The smallest absolute Gasteiger partial charge is 0.168 e. The average Bonchev–Trinajstić information content (AvgIpc) is 2.01. The van der Waals surface area contributed by atoms with E-state index in [0.717, 1.165) is 0 Å². The maximum Gasteiger partial charge on any atom is 0.168 e. The molecule has 1 aromatic rings. The van der Waals surface area contributed by atoms with E-state index in [-0.39, 0.29) is 23.1 Å². The van der Waals surface area contributed by atoms with Crippen molar-refractivity contribution in [2.75, 3.05) is 12.8 Å². The van der Waals surface area contributed by atoms with E-state index in [1.54, 1.807) is 0 Å². The molecule has 1 rings (SSSR count). The summed E-state index contributed by atoms with van der Waals surface area (Å²) in [6, 6.07) is 2.91. The first-order valence-corrected chi connectivity index (χ1v) is 3.32. The molecule has 0 radical (unpaired) electrons. The quantitative estimate of drug-likeness (QED) is 0.725. The predicted octanol–water partition coefficient (Wildman–Crippen LogP) is 2.49. The Morgan fingerprint density at radius 3 is 2.58 bits per heavy atom. The second-order valence-corrected chi connectivity index (χ2v) is 2.38. The van der Waals surface area contributed by atoms with Crippen molar-refractivity contribution >= 4 is 29.7 Å². The molecule has 0 atom stereocenters. The first kappa shape index (κ1) is 11.3. The van der Waals surface area contributed by atoms with E-state index in [1.165, 1.54) is 19.2 Å². The van der Waals surface area contributed by atoms with Gasteiger partial charge in [0.2, 0.25) is 0 Å². The molecular formula is C7H8Cl2FNO. The third-order valence-electron chi connectivity index (χ3n) is 1.31. The molecule has 0 saturated carbocycles. The third-order valence-corrected chi connectivity index (χ3v) is 1.60. The van der Waals surface area contributed by atoms with Crippen molar-refractivity contribution in [3.05, 3.63) is 23.0 Å². The zero-order valence-corrected chi connectivity index (χ0v) is 7.88. The standard InChI is InChI=1S/C7H7ClFNO.ClH/c1-11-5-3-2-4(8)6(9)7(5)10;/h2-3H,10H2,1H3;1H. The van der Waals surface area contributed by atoms with E-state index in [9.17, 15) is 4.39 Å². The van der Waals surface area contributed by atoms with Crippen molar-refractivity contribution in [2.24, 2.45) is 0 Å². The van der Waals surface area contributed by atoms with Crippen molar-refractivity contribution in [3.8, 4) is 5.75 Å². The van der Waals surface area contributed by atoms with Crippen molar-refractivity contribution in [1.82, 2.24) is 0 Å². The number of hydrogen-bond acceptors (Lipinski definition) is 2. The van der Waals surface area contributed by atoms with Gasteiger partial charge in [-0.25, -0.2) is 4.39 Å². The highest BCUT2D eigenvalue weighted by molar-refractivity contribution is 6.31. The maximum absolute atomic E-state index is 12.8. The molecule has 0 fully saturated rings. The number of methoxy groups -OCH3 is 1. The van der Waals surface area contributed by atoms with Gasteiger partial charge in [0, 0.05) is 0 Å². The van der Waals surface area contributed by atoms with Crippen LogP contribution >= 0.6 is 24.0 Å². The molecule has 1 aromatic carbocycles.